The quantitative estimate of drug-likeness (QED) is 0.619. The summed E-state index contributed by atoms with van der Waals surface area (Å²) in [6, 6.07) is 8.10. The van der Waals surface area contributed by atoms with E-state index in [1.165, 1.54) is 5.56 Å². The summed E-state index contributed by atoms with van der Waals surface area (Å²) in [5, 5.41) is 3.29. The summed E-state index contributed by atoms with van der Waals surface area (Å²) < 4.78 is 1.07. The molecule has 0 spiro atoms. The number of nitrogens with one attached hydrogen (secondary N) is 1. The molecule has 0 saturated heterocycles. The third-order valence-corrected chi connectivity index (χ3v) is 3.90. The van der Waals surface area contributed by atoms with E-state index in [1.54, 1.807) is 19.0 Å². The van der Waals surface area contributed by atoms with Gasteiger partial charge in [-0.3, -0.25) is 4.79 Å². The molecule has 1 rings (SSSR count). The number of nitrogens with zero attached hydrogens (tertiary/aromatic N) is 3. The molecule has 0 aliphatic heterocycles. The van der Waals surface area contributed by atoms with Crippen molar-refractivity contribution in [3.8, 4) is 0 Å². The molecule has 0 aromatic heterocycles. The number of hydrogen-bond acceptors (Lipinski definition) is 2. The van der Waals surface area contributed by atoms with Gasteiger partial charge in [0.25, 0.3) is 0 Å². The molecule has 1 amide bonds. The zero-order chi connectivity index (χ0) is 16.5. The molecule has 0 saturated carbocycles. The van der Waals surface area contributed by atoms with E-state index in [2.05, 4.69) is 39.2 Å². The standard InChI is InChI=1S/C16H25BrN4O/c1-5-10-18-16(19-11-15(22)20(2)3)21(4)12-13-8-6-7-9-14(13)17/h6-9H,5,10-12H2,1-4H3,(H,18,19). The van der Waals surface area contributed by atoms with Gasteiger partial charge >= 0.3 is 0 Å². The normalized spacial score (nSPS) is 11.2. The first kappa shape index (κ1) is 18.5. The number of halogens is 1. The van der Waals surface area contributed by atoms with E-state index in [9.17, 15) is 4.79 Å². The number of aliphatic imine (C=N–C) groups is 1. The Hall–Kier alpha value is -1.56. The van der Waals surface area contributed by atoms with Gasteiger partial charge < -0.3 is 15.1 Å². The lowest BCUT2D eigenvalue weighted by Gasteiger charge is -2.23. The van der Waals surface area contributed by atoms with Gasteiger partial charge in [-0.1, -0.05) is 41.1 Å². The monoisotopic (exact) mass is 368 g/mol. The van der Waals surface area contributed by atoms with Crippen LogP contribution in [0.3, 0.4) is 0 Å². The van der Waals surface area contributed by atoms with E-state index in [-0.39, 0.29) is 12.5 Å². The van der Waals surface area contributed by atoms with Gasteiger partial charge in [0.15, 0.2) is 5.96 Å². The van der Waals surface area contributed by atoms with Crippen molar-refractivity contribution in [1.29, 1.82) is 0 Å². The first-order chi connectivity index (χ1) is 10.5. The maximum Gasteiger partial charge on any atom is 0.243 e. The zero-order valence-corrected chi connectivity index (χ0v) is 15.4. The fourth-order valence-corrected chi connectivity index (χ4v) is 2.20. The molecule has 1 aromatic rings. The minimum Gasteiger partial charge on any atom is -0.356 e. The largest absolute Gasteiger partial charge is 0.356 e. The molecule has 0 heterocycles. The SMILES string of the molecule is CCCNC(=NCC(=O)N(C)C)N(C)Cc1ccccc1Br. The van der Waals surface area contributed by atoms with E-state index in [0.717, 1.165) is 23.4 Å². The summed E-state index contributed by atoms with van der Waals surface area (Å²) in [6.07, 6.45) is 1.00. The number of benzene rings is 1. The second-order valence-electron chi connectivity index (χ2n) is 5.30. The van der Waals surface area contributed by atoms with Crippen LogP contribution in [0.25, 0.3) is 0 Å². The molecule has 0 radical (unpaired) electrons. The fourth-order valence-electron chi connectivity index (χ4n) is 1.79. The van der Waals surface area contributed by atoms with E-state index in [4.69, 9.17) is 0 Å². The molecule has 0 bridgehead atoms. The Morgan fingerprint density at radius 1 is 1.27 bits per heavy atom. The average Bonchev–Trinajstić information content (AvgIpc) is 2.49. The van der Waals surface area contributed by atoms with Gasteiger partial charge in [0, 0.05) is 38.7 Å². The van der Waals surface area contributed by atoms with Crippen LogP contribution in [-0.4, -0.2) is 55.9 Å². The number of amides is 1. The van der Waals surface area contributed by atoms with Gasteiger partial charge in [0.05, 0.1) is 0 Å². The highest BCUT2D eigenvalue weighted by molar-refractivity contribution is 9.10. The third-order valence-electron chi connectivity index (χ3n) is 3.12. The summed E-state index contributed by atoms with van der Waals surface area (Å²) in [5.41, 5.74) is 1.18. The lowest BCUT2D eigenvalue weighted by Crippen LogP contribution is -2.40. The molecular weight excluding hydrogens is 344 g/mol. The minimum atomic E-state index is -0.00918. The summed E-state index contributed by atoms with van der Waals surface area (Å²) in [7, 11) is 5.45. The van der Waals surface area contributed by atoms with Crippen LogP contribution >= 0.6 is 15.9 Å². The molecule has 0 aliphatic carbocycles. The topological polar surface area (TPSA) is 47.9 Å². The maximum atomic E-state index is 11.7. The Labute approximate surface area is 141 Å². The highest BCUT2D eigenvalue weighted by Gasteiger charge is 2.10. The first-order valence-electron chi connectivity index (χ1n) is 7.38. The Morgan fingerprint density at radius 2 is 1.95 bits per heavy atom. The molecule has 1 aromatic carbocycles. The van der Waals surface area contributed by atoms with Crippen molar-refractivity contribution in [3.63, 3.8) is 0 Å². The Kier molecular flexibility index (Phi) is 7.95. The van der Waals surface area contributed by atoms with Gasteiger partial charge in [-0.2, -0.15) is 0 Å². The summed E-state index contributed by atoms with van der Waals surface area (Å²) >= 11 is 3.56. The van der Waals surface area contributed by atoms with Crippen LogP contribution in [0.15, 0.2) is 33.7 Å². The highest BCUT2D eigenvalue weighted by Crippen LogP contribution is 2.17. The Bertz CT molecular complexity index is 517. The second kappa shape index (κ2) is 9.46. The third kappa shape index (κ3) is 6.05. The van der Waals surface area contributed by atoms with Crippen molar-refractivity contribution in [2.45, 2.75) is 19.9 Å². The first-order valence-corrected chi connectivity index (χ1v) is 8.18. The fraction of sp³-hybridized carbons (Fsp3) is 0.500. The van der Waals surface area contributed by atoms with Gasteiger partial charge in [0.1, 0.15) is 6.54 Å². The van der Waals surface area contributed by atoms with Crippen LogP contribution in [0.1, 0.15) is 18.9 Å². The van der Waals surface area contributed by atoms with E-state index < -0.39 is 0 Å². The number of rotatable bonds is 6. The number of carbonyl (C=O) groups excluding carboxylic acids is 1. The van der Waals surface area contributed by atoms with E-state index in [1.807, 2.05) is 30.1 Å². The van der Waals surface area contributed by atoms with Crippen LogP contribution in [-0.2, 0) is 11.3 Å². The molecule has 0 aliphatic rings. The summed E-state index contributed by atoms with van der Waals surface area (Å²) in [4.78, 5) is 19.7. The van der Waals surface area contributed by atoms with E-state index in [0.29, 0.717) is 6.54 Å². The Balaban J connectivity index is 2.79. The van der Waals surface area contributed by atoms with Crippen molar-refractivity contribution in [2.24, 2.45) is 4.99 Å². The number of carbonyl (C=O) groups is 1. The molecule has 0 unspecified atom stereocenters. The van der Waals surface area contributed by atoms with Gasteiger partial charge in [-0.25, -0.2) is 4.99 Å². The highest BCUT2D eigenvalue weighted by atomic mass is 79.9. The average molecular weight is 369 g/mol. The van der Waals surface area contributed by atoms with Gasteiger partial charge in [0.2, 0.25) is 5.91 Å². The van der Waals surface area contributed by atoms with E-state index >= 15 is 0 Å². The molecule has 22 heavy (non-hydrogen) atoms. The molecule has 0 fully saturated rings. The van der Waals surface area contributed by atoms with Crippen molar-refractivity contribution in [3.05, 3.63) is 34.3 Å². The minimum absolute atomic E-state index is 0.00918. The Morgan fingerprint density at radius 3 is 2.55 bits per heavy atom. The van der Waals surface area contributed by atoms with Crippen LogP contribution in [0, 0.1) is 0 Å². The predicted octanol–water partition coefficient (Wildman–Crippen LogP) is 2.32. The van der Waals surface area contributed by atoms with Crippen LogP contribution in [0.5, 0.6) is 0 Å². The second-order valence-corrected chi connectivity index (χ2v) is 6.16. The number of hydrogen-bond donors (Lipinski definition) is 1. The lowest BCUT2D eigenvalue weighted by molar-refractivity contribution is -0.127. The number of likely N-dealkylation sites (N-methyl/N-ethyl adjacent to an activating group) is 1. The van der Waals surface area contributed by atoms with Crippen LogP contribution in [0.4, 0.5) is 0 Å². The van der Waals surface area contributed by atoms with Gasteiger partial charge in [-0.15, -0.1) is 0 Å². The molecule has 6 heteroatoms. The molecule has 5 nitrogen and oxygen atoms in total. The number of guanidine groups is 1. The summed E-state index contributed by atoms with van der Waals surface area (Å²) in [5.74, 6) is 0.734. The molecular formula is C16H25BrN4O. The van der Waals surface area contributed by atoms with Crippen molar-refractivity contribution in [2.75, 3.05) is 34.2 Å². The molecule has 0 atom stereocenters. The lowest BCUT2D eigenvalue weighted by atomic mass is 10.2. The van der Waals surface area contributed by atoms with Crippen molar-refractivity contribution >= 4 is 27.8 Å². The predicted molar refractivity (Wildman–Crippen MR) is 94.9 cm³/mol. The van der Waals surface area contributed by atoms with Crippen molar-refractivity contribution in [1.82, 2.24) is 15.1 Å². The molecule has 122 valence electrons. The smallest absolute Gasteiger partial charge is 0.243 e. The van der Waals surface area contributed by atoms with Crippen molar-refractivity contribution < 1.29 is 4.79 Å². The van der Waals surface area contributed by atoms with Gasteiger partial charge in [-0.05, 0) is 18.1 Å². The van der Waals surface area contributed by atoms with Crippen LogP contribution < -0.4 is 5.32 Å². The maximum absolute atomic E-state index is 11.7. The summed E-state index contributed by atoms with van der Waals surface area (Å²) in [6.45, 7) is 3.80. The van der Waals surface area contributed by atoms with Crippen LogP contribution in [0.2, 0.25) is 0 Å². The molecule has 1 N–H and O–H groups in total. The zero-order valence-electron chi connectivity index (χ0n) is 13.8.